The molecule has 0 spiro atoms. The molecule has 4 rings (SSSR count). The quantitative estimate of drug-likeness (QED) is 0.475. The van der Waals surface area contributed by atoms with Crippen LogP contribution in [0.1, 0.15) is 35.7 Å². The van der Waals surface area contributed by atoms with Crippen molar-refractivity contribution in [1.29, 1.82) is 0 Å². The maximum Gasteiger partial charge on any atom is 0.247 e. The number of rotatable bonds is 5. The number of nitrogens with zero attached hydrogens (tertiary/aromatic N) is 3. The number of hydrogen-bond acceptors (Lipinski definition) is 7. The molecule has 7 heteroatoms. The van der Waals surface area contributed by atoms with Gasteiger partial charge in [-0.3, -0.25) is 0 Å². The Hall–Kier alpha value is -2.12. The minimum absolute atomic E-state index is 0.290. The van der Waals surface area contributed by atoms with Gasteiger partial charge in [-0.25, -0.2) is 0 Å². The molecule has 26 heavy (non-hydrogen) atoms. The summed E-state index contributed by atoms with van der Waals surface area (Å²) < 4.78 is 6.26. The van der Waals surface area contributed by atoms with Crippen LogP contribution in [0.15, 0.2) is 41.6 Å². The highest BCUT2D eigenvalue weighted by Gasteiger charge is 2.26. The average molecular weight is 385 g/mol. The van der Waals surface area contributed by atoms with Gasteiger partial charge in [-0.2, -0.15) is 4.98 Å². The third kappa shape index (κ3) is 3.54. The predicted octanol–water partition coefficient (Wildman–Crippen LogP) is 5.30. The summed E-state index contributed by atoms with van der Waals surface area (Å²) in [5.41, 5.74) is 2.62. The first-order chi connectivity index (χ1) is 12.7. The standard InChI is InChI=1S/C19H20N4OS2/c1-3-4-11-25-19-21-18-16(22-23-19)13-7-5-6-8-14(13)20-17(24-18)15-10-9-12(2)26-15/h5-10,17,20H,3-4,11H2,1-2H3/t17-/m0/s1. The van der Waals surface area contributed by atoms with Crippen molar-refractivity contribution in [2.45, 2.75) is 38.1 Å². The number of thiophene rings is 1. The van der Waals surface area contributed by atoms with Crippen molar-refractivity contribution in [1.82, 2.24) is 15.2 Å². The van der Waals surface area contributed by atoms with Gasteiger partial charge in [0.15, 0.2) is 5.69 Å². The lowest BCUT2D eigenvalue weighted by molar-refractivity contribution is 0.229. The van der Waals surface area contributed by atoms with Gasteiger partial charge in [0.2, 0.25) is 17.3 Å². The SMILES string of the molecule is CCCCSc1nnc2c(n1)O[C@@H](c1ccc(C)s1)Nc1ccccc1-2. The molecular formula is C19H20N4OS2. The van der Waals surface area contributed by atoms with E-state index in [4.69, 9.17) is 4.74 Å². The molecule has 1 aliphatic rings. The van der Waals surface area contributed by atoms with E-state index >= 15 is 0 Å². The molecule has 0 aliphatic carbocycles. The van der Waals surface area contributed by atoms with Crippen molar-refractivity contribution in [3.63, 3.8) is 0 Å². The van der Waals surface area contributed by atoms with Crippen molar-refractivity contribution in [2.75, 3.05) is 11.1 Å². The van der Waals surface area contributed by atoms with Crippen LogP contribution in [0.5, 0.6) is 5.88 Å². The number of hydrogen-bond donors (Lipinski definition) is 1. The van der Waals surface area contributed by atoms with Crippen LogP contribution in [0.4, 0.5) is 5.69 Å². The largest absolute Gasteiger partial charge is 0.447 e. The lowest BCUT2D eigenvalue weighted by atomic mass is 10.1. The van der Waals surface area contributed by atoms with Crippen molar-refractivity contribution in [2.24, 2.45) is 0 Å². The van der Waals surface area contributed by atoms with Gasteiger partial charge < -0.3 is 10.1 Å². The second kappa shape index (κ2) is 7.63. The Labute approximate surface area is 161 Å². The molecule has 3 heterocycles. The maximum absolute atomic E-state index is 6.26. The van der Waals surface area contributed by atoms with Crippen LogP contribution in [0.25, 0.3) is 11.3 Å². The van der Waals surface area contributed by atoms with Crippen LogP contribution in [0.3, 0.4) is 0 Å². The molecule has 134 valence electrons. The number of aromatic nitrogens is 3. The molecule has 1 aromatic carbocycles. The fourth-order valence-corrected chi connectivity index (χ4v) is 4.46. The minimum Gasteiger partial charge on any atom is -0.447 e. The first-order valence-electron chi connectivity index (χ1n) is 8.71. The number of para-hydroxylation sites is 1. The lowest BCUT2D eigenvalue weighted by Gasteiger charge is -2.17. The first-order valence-corrected chi connectivity index (χ1v) is 10.5. The molecule has 2 aromatic heterocycles. The van der Waals surface area contributed by atoms with Gasteiger partial charge in [0.1, 0.15) is 0 Å². The van der Waals surface area contributed by atoms with Crippen molar-refractivity contribution in [3.8, 4) is 17.1 Å². The summed E-state index contributed by atoms with van der Waals surface area (Å²) in [5.74, 6) is 1.52. The Morgan fingerprint density at radius 3 is 2.88 bits per heavy atom. The minimum atomic E-state index is -0.290. The van der Waals surface area contributed by atoms with Crippen LogP contribution in [-0.4, -0.2) is 20.9 Å². The molecule has 1 N–H and O–H groups in total. The van der Waals surface area contributed by atoms with Crippen LogP contribution in [0, 0.1) is 6.92 Å². The smallest absolute Gasteiger partial charge is 0.247 e. The molecule has 1 atom stereocenters. The molecule has 1 aliphatic heterocycles. The van der Waals surface area contributed by atoms with E-state index in [0.29, 0.717) is 16.7 Å². The normalized spacial score (nSPS) is 15.4. The van der Waals surface area contributed by atoms with E-state index in [-0.39, 0.29) is 6.23 Å². The number of anilines is 1. The Morgan fingerprint density at radius 1 is 1.19 bits per heavy atom. The zero-order valence-corrected chi connectivity index (χ0v) is 16.4. The van der Waals surface area contributed by atoms with E-state index < -0.39 is 0 Å². The fraction of sp³-hybridized carbons (Fsp3) is 0.316. The van der Waals surface area contributed by atoms with E-state index in [1.54, 1.807) is 23.1 Å². The molecule has 0 fully saturated rings. The zero-order valence-electron chi connectivity index (χ0n) is 14.7. The number of nitrogens with one attached hydrogen (secondary N) is 1. The van der Waals surface area contributed by atoms with Gasteiger partial charge in [0.25, 0.3) is 0 Å². The molecule has 5 nitrogen and oxygen atoms in total. The van der Waals surface area contributed by atoms with Crippen LogP contribution in [-0.2, 0) is 0 Å². The summed E-state index contributed by atoms with van der Waals surface area (Å²) in [6, 6.07) is 12.2. The Balaban J connectivity index is 1.73. The van der Waals surface area contributed by atoms with Crippen molar-refractivity contribution >= 4 is 28.8 Å². The van der Waals surface area contributed by atoms with Crippen molar-refractivity contribution in [3.05, 3.63) is 46.2 Å². The van der Waals surface area contributed by atoms with E-state index in [0.717, 1.165) is 34.7 Å². The molecular weight excluding hydrogens is 364 g/mol. The highest BCUT2D eigenvalue weighted by atomic mass is 32.2. The van der Waals surface area contributed by atoms with E-state index in [9.17, 15) is 0 Å². The maximum atomic E-state index is 6.26. The van der Waals surface area contributed by atoms with Crippen LogP contribution >= 0.6 is 23.1 Å². The Bertz CT molecular complexity index is 912. The first kappa shape index (κ1) is 17.3. The number of aryl methyl sites for hydroxylation is 1. The zero-order chi connectivity index (χ0) is 17.9. The highest BCUT2D eigenvalue weighted by molar-refractivity contribution is 7.99. The predicted molar refractivity (Wildman–Crippen MR) is 107 cm³/mol. The van der Waals surface area contributed by atoms with Crippen LogP contribution in [0.2, 0.25) is 0 Å². The summed E-state index contributed by atoms with van der Waals surface area (Å²) in [5, 5.41) is 12.9. The molecule has 0 bridgehead atoms. The second-order valence-electron chi connectivity index (χ2n) is 6.09. The Morgan fingerprint density at radius 2 is 2.08 bits per heavy atom. The third-order valence-corrected chi connectivity index (χ3v) is 6.05. The summed E-state index contributed by atoms with van der Waals surface area (Å²) in [6.45, 7) is 4.27. The number of thioether (sulfide) groups is 1. The van der Waals surface area contributed by atoms with Gasteiger partial charge in [-0.1, -0.05) is 43.3 Å². The number of ether oxygens (including phenoxy) is 1. The van der Waals surface area contributed by atoms with Crippen molar-refractivity contribution < 1.29 is 4.74 Å². The number of fused-ring (bicyclic) bond motifs is 3. The number of unbranched alkanes of at least 4 members (excludes halogenated alkanes) is 1. The lowest BCUT2D eigenvalue weighted by Crippen LogP contribution is -2.15. The molecule has 0 radical (unpaired) electrons. The van der Waals surface area contributed by atoms with E-state index in [2.05, 4.69) is 46.5 Å². The van der Waals surface area contributed by atoms with Gasteiger partial charge in [0, 0.05) is 21.9 Å². The van der Waals surface area contributed by atoms with Gasteiger partial charge in [-0.15, -0.1) is 21.5 Å². The highest BCUT2D eigenvalue weighted by Crippen LogP contribution is 2.40. The molecule has 0 unspecified atom stereocenters. The summed E-state index contributed by atoms with van der Waals surface area (Å²) >= 11 is 3.34. The van der Waals surface area contributed by atoms with Gasteiger partial charge in [-0.05, 0) is 31.5 Å². The monoisotopic (exact) mass is 384 g/mol. The van der Waals surface area contributed by atoms with Gasteiger partial charge in [0.05, 0.1) is 4.88 Å². The van der Waals surface area contributed by atoms with E-state index in [1.807, 2.05) is 24.3 Å². The van der Waals surface area contributed by atoms with Crippen LogP contribution < -0.4 is 10.1 Å². The summed E-state index contributed by atoms with van der Waals surface area (Å²) in [7, 11) is 0. The molecule has 3 aromatic rings. The Kier molecular flexibility index (Phi) is 5.08. The topological polar surface area (TPSA) is 59.9 Å². The fourth-order valence-electron chi connectivity index (χ4n) is 2.74. The third-order valence-electron chi connectivity index (χ3n) is 4.08. The average Bonchev–Trinajstić information content (AvgIpc) is 3.01. The van der Waals surface area contributed by atoms with E-state index in [1.165, 1.54) is 4.88 Å². The second-order valence-corrected chi connectivity index (χ2v) is 8.47. The molecule has 0 saturated carbocycles. The van der Waals surface area contributed by atoms with Gasteiger partial charge >= 0.3 is 0 Å². The number of benzene rings is 1. The summed E-state index contributed by atoms with van der Waals surface area (Å²) in [4.78, 5) is 7.02. The molecule has 0 amide bonds. The molecule has 0 saturated heterocycles. The summed E-state index contributed by atoms with van der Waals surface area (Å²) in [6.07, 6.45) is 1.99.